The van der Waals surface area contributed by atoms with Gasteiger partial charge in [0.15, 0.2) is 35.1 Å². The van der Waals surface area contributed by atoms with Gasteiger partial charge in [-0.1, -0.05) is 0 Å². The van der Waals surface area contributed by atoms with E-state index in [4.69, 9.17) is 4.74 Å². The lowest BCUT2D eigenvalue weighted by Gasteiger charge is -2.50. The second kappa shape index (κ2) is 6.75. The highest BCUT2D eigenvalue weighted by atomic mass is 19.1. The van der Waals surface area contributed by atoms with Gasteiger partial charge in [-0.15, -0.1) is 0 Å². The average molecular weight is 477 g/mol. The molecule has 12 heteroatoms. The molecular weight excluding hydrogens is 459 g/mol. The quantitative estimate of drug-likeness (QED) is 0.614. The fourth-order valence-electron chi connectivity index (χ4n) is 5.50. The smallest absolute Gasteiger partial charge is 0.276 e. The van der Waals surface area contributed by atoms with Crippen LogP contribution in [-0.2, 0) is 17.8 Å². The highest BCUT2D eigenvalue weighted by Gasteiger charge is 2.72. The van der Waals surface area contributed by atoms with Gasteiger partial charge in [0.1, 0.15) is 11.4 Å². The number of benzene rings is 1. The van der Waals surface area contributed by atoms with Gasteiger partial charge in [-0.05, 0) is 19.3 Å². The van der Waals surface area contributed by atoms with Gasteiger partial charge < -0.3 is 29.7 Å². The molecule has 4 atom stereocenters. The van der Waals surface area contributed by atoms with E-state index in [9.17, 15) is 37.8 Å². The van der Waals surface area contributed by atoms with Crippen molar-refractivity contribution >= 4 is 11.8 Å². The number of phenols is 1. The number of carbonyl (C=O) groups is 2. The first-order valence-corrected chi connectivity index (χ1v) is 10.7. The zero-order valence-electron chi connectivity index (χ0n) is 17.5. The molecule has 2 aliphatic carbocycles. The van der Waals surface area contributed by atoms with Crippen LogP contribution in [0.25, 0.3) is 0 Å². The number of ether oxygens (including phenoxy) is 1. The third-order valence-corrected chi connectivity index (χ3v) is 7.51. The predicted molar refractivity (Wildman–Crippen MR) is 106 cm³/mol. The Labute approximate surface area is 189 Å². The van der Waals surface area contributed by atoms with Crippen LogP contribution in [-0.4, -0.2) is 49.9 Å². The van der Waals surface area contributed by atoms with Gasteiger partial charge in [0.05, 0.1) is 12.6 Å². The Morgan fingerprint density at radius 2 is 1.97 bits per heavy atom. The Morgan fingerprint density at radius 3 is 2.68 bits per heavy atom. The second-order valence-corrected chi connectivity index (χ2v) is 9.17. The molecule has 6 rings (SSSR count). The van der Waals surface area contributed by atoms with Gasteiger partial charge >= 0.3 is 0 Å². The van der Waals surface area contributed by atoms with Gasteiger partial charge in [0, 0.05) is 35.8 Å². The maximum atomic E-state index is 14.0. The molecule has 1 spiro atoms. The molecule has 3 fully saturated rings. The minimum Gasteiger partial charge on any atom is -0.503 e. The van der Waals surface area contributed by atoms with E-state index in [2.05, 4.69) is 5.32 Å². The summed E-state index contributed by atoms with van der Waals surface area (Å²) in [6.45, 7) is -0.719. The molecule has 2 aromatic rings. The van der Waals surface area contributed by atoms with Crippen molar-refractivity contribution in [2.75, 3.05) is 0 Å². The van der Waals surface area contributed by atoms with Crippen LogP contribution in [0, 0.1) is 22.9 Å². The zero-order chi connectivity index (χ0) is 24.1. The Balaban J connectivity index is 1.29. The largest absolute Gasteiger partial charge is 0.503 e. The van der Waals surface area contributed by atoms with Gasteiger partial charge in [0.2, 0.25) is 5.43 Å². The topological polar surface area (TPSA) is 121 Å². The molecule has 1 saturated heterocycles. The fraction of sp³-hybridized carbons (Fsp3) is 0.409. The van der Waals surface area contributed by atoms with Crippen LogP contribution < -0.4 is 10.7 Å². The molecular formula is C22H18F3N3O6. The summed E-state index contributed by atoms with van der Waals surface area (Å²) >= 11 is 0. The van der Waals surface area contributed by atoms with Crippen LogP contribution in [0.5, 0.6) is 11.5 Å². The molecule has 3 heterocycles. The molecule has 4 aliphatic rings. The number of nitrogens with one attached hydrogen (secondary N) is 1. The average Bonchev–Trinajstić information content (AvgIpc) is 3.55. The summed E-state index contributed by atoms with van der Waals surface area (Å²) in [6.07, 6.45) is 3.23. The van der Waals surface area contributed by atoms with Crippen molar-refractivity contribution in [3.05, 3.63) is 56.8 Å². The first kappa shape index (κ1) is 21.0. The summed E-state index contributed by atoms with van der Waals surface area (Å²) in [5, 5.41) is 21.9. The lowest BCUT2D eigenvalue weighted by molar-refractivity contribution is -0.196. The van der Waals surface area contributed by atoms with E-state index in [1.54, 1.807) is 4.90 Å². The summed E-state index contributed by atoms with van der Waals surface area (Å²) in [5.41, 5.74) is -2.77. The Kier molecular flexibility index (Phi) is 4.17. The van der Waals surface area contributed by atoms with Gasteiger partial charge in [0.25, 0.3) is 11.8 Å². The number of fused-ring (bicyclic) bond motifs is 3. The van der Waals surface area contributed by atoms with Gasteiger partial charge in [-0.25, -0.2) is 13.2 Å². The Bertz CT molecular complexity index is 1360. The van der Waals surface area contributed by atoms with E-state index in [0.29, 0.717) is 0 Å². The maximum Gasteiger partial charge on any atom is 0.276 e. The molecule has 2 aliphatic heterocycles. The standard InChI is InChI=1S/C22H18F3N3O6/c23-10-3-11(24)18(30)15(25)8(10)5-26-20(32)9-6-27-7-14-28(21(33)16(27)19(31)17(9)29)12-4-22(12)2-1-13(22)34-14/h3,6,12-14,30-31H,1-2,4-5,7H2,(H,26,32)/t12-,13-,14-,22?/m1/s1. The van der Waals surface area contributed by atoms with E-state index in [-0.39, 0.29) is 35.9 Å². The van der Waals surface area contributed by atoms with E-state index < -0.39 is 70.1 Å². The number of rotatable bonds is 3. The van der Waals surface area contributed by atoms with Crippen molar-refractivity contribution in [1.82, 2.24) is 14.8 Å². The molecule has 1 aromatic carbocycles. The second-order valence-electron chi connectivity index (χ2n) is 9.17. The summed E-state index contributed by atoms with van der Waals surface area (Å²) < 4.78 is 48.5. The van der Waals surface area contributed by atoms with Gasteiger partial charge in [-0.3, -0.25) is 14.4 Å². The number of amides is 2. The van der Waals surface area contributed by atoms with E-state index in [1.165, 1.54) is 4.57 Å². The monoisotopic (exact) mass is 477 g/mol. The highest BCUT2D eigenvalue weighted by molar-refractivity contribution is 5.99. The normalized spacial score (nSPS) is 28.3. The number of hydrogen-bond donors (Lipinski definition) is 3. The molecule has 1 unspecified atom stereocenters. The SMILES string of the molecule is O=C(NCc1c(F)cc(F)c(O)c1F)c1cn2c(c(O)c1=O)C(=O)N1[C@@H](C2)O[C@@H]2CCC23C[C@@H]13. The number of aromatic hydroxyl groups is 2. The first-order valence-electron chi connectivity index (χ1n) is 10.7. The number of phenolic OH excluding ortho intramolecular Hbond substituents is 1. The molecule has 2 amide bonds. The highest BCUT2D eigenvalue weighted by Crippen LogP contribution is 2.67. The number of aromatic nitrogens is 1. The molecule has 1 aromatic heterocycles. The van der Waals surface area contributed by atoms with Crippen molar-refractivity contribution in [1.29, 1.82) is 0 Å². The summed E-state index contributed by atoms with van der Waals surface area (Å²) in [6, 6.07) is 0.262. The van der Waals surface area contributed by atoms with Crippen molar-refractivity contribution in [2.45, 2.75) is 50.7 Å². The number of nitrogens with zero attached hydrogens (tertiary/aromatic N) is 2. The van der Waals surface area contributed by atoms with Crippen LogP contribution in [0.1, 0.15) is 45.7 Å². The van der Waals surface area contributed by atoms with E-state index in [1.807, 2.05) is 0 Å². The van der Waals surface area contributed by atoms with Crippen molar-refractivity contribution in [2.24, 2.45) is 5.41 Å². The maximum absolute atomic E-state index is 14.0. The molecule has 34 heavy (non-hydrogen) atoms. The van der Waals surface area contributed by atoms with E-state index in [0.717, 1.165) is 25.5 Å². The predicted octanol–water partition coefficient (Wildman–Crippen LogP) is 1.34. The molecule has 3 N–H and O–H groups in total. The summed E-state index contributed by atoms with van der Waals surface area (Å²) in [4.78, 5) is 40.0. The Hall–Kier alpha value is -3.54. The van der Waals surface area contributed by atoms with Crippen LogP contribution in [0.3, 0.4) is 0 Å². The fourth-order valence-corrected chi connectivity index (χ4v) is 5.50. The van der Waals surface area contributed by atoms with Crippen molar-refractivity contribution < 1.29 is 37.7 Å². The van der Waals surface area contributed by atoms with Crippen LogP contribution in [0.15, 0.2) is 17.1 Å². The van der Waals surface area contributed by atoms with Crippen molar-refractivity contribution in [3.8, 4) is 11.5 Å². The number of carbonyl (C=O) groups excluding carboxylic acids is 2. The minimum atomic E-state index is -1.59. The summed E-state index contributed by atoms with van der Waals surface area (Å²) in [5.74, 6) is -8.39. The lowest BCUT2D eigenvalue weighted by Crippen LogP contribution is -2.61. The van der Waals surface area contributed by atoms with Gasteiger partial charge in [-0.2, -0.15) is 0 Å². The van der Waals surface area contributed by atoms with Crippen LogP contribution >= 0.6 is 0 Å². The molecule has 9 nitrogen and oxygen atoms in total. The van der Waals surface area contributed by atoms with Crippen molar-refractivity contribution in [3.63, 3.8) is 0 Å². The molecule has 178 valence electrons. The molecule has 0 radical (unpaired) electrons. The minimum absolute atomic E-state index is 0.000597. The van der Waals surface area contributed by atoms with Crippen LogP contribution in [0.4, 0.5) is 13.2 Å². The lowest BCUT2D eigenvalue weighted by atomic mass is 9.76. The van der Waals surface area contributed by atoms with Crippen LogP contribution in [0.2, 0.25) is 0 Å². The third kappa shape index (κ3) is 2.62. The summed E-state index contributed by atoms with van der Waals surface area (Å²) in [7, 11) is 0. The number of halogens is 3. The number of hydrogen-bond acceptors (Lipinski definition) is 6. The Morgan fingerprint density at radius 1 is 1.21 bits per heavy atom. The van der Waals surface area contributed by atoms with E-state index >= 15 is 0 Å². The third-order valence-electron chi connectivity index (χ3n) is 7.51. The zero-order valence-corrected chi connectivity index (χ0v) is 17.5. The molecule has 2 saturated carbocycles. The molecule has 0 bridgehead atoms. The first-order chi connectivity index (χ1) is 16.1. The number of pyridine rings is 1.